The normalized spacial score (nSPS) is 10.9. The molecule has 6 nitrogen and oxygen atoms in total. The average molecular weight is 445 g/mol. The second-order valence-corrected chi connectivity index (χ2v) is 8.65. The van der Waals surface area contributed by atoms with E-state index in [1.165, 1.54) is 0 Å². The van der Waals surface area contributed by atoms with Crippen LogP contribution in [0.3, 0.4) is 0 Å². The van der Waals surface area contributed by atoms with E-state index in [1.54, 1.807) is 34.2 Å². The Morgan fingerprint density at radius 1 is 1.27 bits per heavy atom. The molecule has 0 saturated heterocycles. The zero-order valence-electron chi connectivity index (χ0n) is 17.1. The molecule has 0 spiro atoms. The molecule has 0 atom stereocenters. The quantitative estimate of drug-likeness (QED) is 0.558. The number of hydrogen-bond acceptors (Lipinski definition) is 5. The number of carbonyl (C=O) groups is 1. The first-order valence-electron chi connectivity index (χ1n) is 9.71. The molecule has 158 valence electrons. The van der Waals surface area contributed by atoms with Crippen molar-refractivity contribution in [3.05, 3.63) is 84.2 Å². The monoisotopic (exact) mass is 444 g/mol. The van der Waals surface area contributed by atoms with Crippen LogP contribution in [-0.2, 0) is 37.3 Å². The Labute approximate surface area is 184 Å². The van der Waals surface area contributed by atoms with E-state index in [-0.39, 0.29) is 17.9 Å². The second kappa shape index (κ2) is 10.0. The van der Waals surface area contributed by atoms with Crippen LogP contribution in [0.15, 0.2) is 40.6 Å². The van der Waals surface area contributed by atoms with Crippen molar-refractivity contribution in [3.8, 4) is 0 Å². The lowest BCUT2D eigenvalue weighted by Crippen LogP contribution is -2.31. The van der Waals surface area contributed by atoms with E-state index < -0.39 is 0 Å². The van der Waals surface area contributed by atoms with Gasteiger partial charge in [-0.15, -0.1) is 11.3 Å². The molecule has 8 heteroatoms. The summed E-state index contributed by atoms with van der Waals surface area (Å²) in [4.78, 5) is 29.9. The Morgan fingerprint density at radius 2 is 2.07 bits per heavy atom. The Kier molecular flexibility index (Phi) is 7.42. The smallest absolute Gasteiger partial charge is 0.254 e. The first kappa shape index (κ1) is 22.2. The van der Waals surface area contributed by atoms with E-state index in [2.05, 4.69) is 10.3 Å². The Bertz CT molecular complexity index is 1110. The molecule has 0 radical (unpaired) electrons. The average Bonchev–Trinajstić information content (AvgIpc) is 3.14. The third-order valence-corrected chi connectivity index (χ3v) is 6.03. The van der Waals surface area contributed by atoms with Crippen molar-refractivity contribution in [1.29, 1.82) is 0 Å². The molecule has 0 bridgehead atoms. The summed E-state index contributed by atoms with van der Waals surface area (Å²) in [5, 5.41) is 6.48. The van der Waals surface area contributed by atoms with Crippen LogP contribution < -0.4 is 16.6 Å². The number of halogens is 1. The summed E-state index contributed by atoms with van der Waals surface area (Å²) in [5.41, 5.74) is 9.71. The topological polar surface area (TPSA) is 90.0 Å². The molecule has 0 aliphatic rings. The molecule has 2 aromatic heterocycles. The largest absolute Gasteiger partial charge is 0.352 e. The van der Waals surface area contributed by atoms with E-state index in [0.717, 1.165) is 27.4 Å². The van der Waals surface area contributed by atoms with E-state index in [9.17, 15) is 9.59 Å². The predicted molar refractivity (Wildman–Crippen MR) is 121 cm³/mol. The van der Waals surface area contributed by atoms with E-state index in [1.807, 2.05) is 31.4 Å². The fraction of sp³-hybridized carbons (Fsp3) is 0.318. The lowest BCUT2D eigenvalue weighted by molar-refractivity contribution is -0.120. The van der Waals surface area contributed by atoms with Crippen molar-refractivity contribution in [3.63, 3.8) is 0 Å². The molecule has 0 unspecified atom stereocenters. The zero-order chi connectivity index (χ0) is 21.7. The Balaban J connectivity index is 1.67. The highest BCUT2D eigenvalue weighted by Gasteiger charge is 2.13. The lowest BCUT2D eigenvalue weighted by atomic mass is 10.1. The summed E-state index contributed by atoms with van der Waals surface area (Å²) in [6, 6.07) is 7.30. The van der Waals surface area contributed by atoms with Gasteiger partial charge in [-0.05, 0) is 48.7 Å². The number of thiazole rings is 1. The van der Waals surface area contributed by atoms with Gasteiger partial charge in [0.2, 0.25) is 5.91 Å². The number of benzene rings is 1. The number of amides is 1. The molecular formula is C22H25ClN4O2S. The Morgan fingerprint density at radius 3 is 2.77 bits per heavy atom. The van der Waals surface area contributed by atoms with Crippen LogP contribution in [0.5, 0.6) is 0 Å². The molecule has 30 heavy (non-hydrogen) atoms. The predicted octanol–water partition coefficient (Wildman–Crippen LogP) is 3.14. The molecule has 0 aliphatic heterocycles. The third kappa shape index (κ3) is 5.56. The van der Waals surface area contributed by atoms with E-state index in [0.29, 0.717) is 36.6 Å². The summed E-state index contributed by atoms with van der Waals surface area (Å²) in [6.07, 6.45) is 2.48. The van der Waals surface area contributed by atoms with Crippen LogP contribution in [0.2, 0.25) is 5.02 Å². The number of rotatable bonds is 8. The fourth-order valence-corrected chi connectivity index (χ4v) is 4.08. The number of nitrogens with one attached hydrogen (secondary N) is 1. The van der Waals surface area contributed by atoms with Gasteiger partial charge in [-0.3, -0.25) is 9.59 Å². The van der Waals surface area contributed by atoms with Gasteiger partial charge in [0.15, 0.2) is 0 Å². The van der Waals surface area contributed by atoms with Gasteiger partial charge in [-0.2, -0.15) is 0 Å². The molecule has 3 rings (SSSR count). The fourth-order valence-electron chi connectivity index (χ4n) is 3.24. The molecule has 0 saturated carbocycles. The maximum absolute atomic E-state index is 12.9. The molecule has 1 amide bonds. The maximum Gasteiger partial charge on any atom is 0.254 e. The van der Waals surface area contributed by atoms with Crippen molar-refractivity contribution in [2.45, 2.75) is 46.3 Å². The number of hydrogen-bond donors (Lipinski definition) is 2. The van der Waals surface area contributed by atoms with Crippen LogP contribution >= 0.6 is 22.9 Å². The van der Waals surface area contributed by atoms with Gasteiger partial charge in [0, 0.05) is 48.2 Å². The lowest BCUT2D eigenvalue weighted by Gasteiger charge is -2.12. The SMILES string of the molecule is Cc1nc(CCn2ccc(C)c(CC(=O)NCc3cc(Cl)ccc3CN)c2=O)cs1. The minimum absolute atomic E-state index is 0.0276. The summed E-state index contributed by atoms with van der Waals surface area (Å²) < 4.78 is 1.65. The molecular weight excluding hydrogens is 420 g/mol. The number of nitrogens with zero attached hydrogens (tertiary/aromatic N) is 2. The van der Waals surface area contributed by atoms with Crippen molar-refractivity contribution in [1.82, 2.24) is 14.9 Å². The number of aromatic nitrogens is 2. The van der Waals surface area contributed by atoms with Crippen LogP contribution in [0, 0.1) is 13.8 Å². The van der Waals surface area contributed by atoms with E-state index in [4.69, 9.17) is 17.3 Å². The molecule has 3 N–H and O–H groups in total. The van der Waals surface area contributed by atoms with Crippen LogP contribution in [0.25, 0.3) is 0 Å². The maximum atomic E-state index is 12.9. The van der Waals surface area contributed by atoms with Crippen LogP contribution in [0.1, 0.15) is 33.0 Å². The second-order valence-electron chi connectivity index (χ2n) is 7.15. The molecule has 3 aromatic rings. The van der Waals surface area contributed by atoms with Gasteiger partial charge in [-0.1, -0.05) is 17.7 Å². The van der Waals surface area contributed by atoms with Crippen LogP contribution in [0.4, 0.5) is 0 Å². The summed E-state index contributed by atoms with van der Waals surface area (Å²) in [7, 11) is 0. The molecule has 1 aromatic carbocycles. The third-order valence-electron chi connectivity index (χ3n) is 4.98. The van der Waals surface area contributed by atoms with Crippen molar-refractivity contribution in [2.75, 3.05) is 0 Å². The highest BCUT2D eigenvalue weighted by molar-refractivity contribution is 7.09. The van der Waals surface area contributed by atoms with Crippen LogP contribution in [-0.4, -0.2) is 15.5 Å². The standard InChI is InChI=1S/C22H25ClN4O2S/c1-14-5-7-27(8-6-19-13-30-15(2)26-19)22(29)20(14)10-21(28)25-12-17-9-18(23)4-3-16(17)11-24/h3-5,7,9,13H,6,8,10-12,24H2,1-2H3,(H,25,28). The first-order chi connectivity index (χ1) is 14.4. The number of aryl methyl sites for hydroxylation is 4. The van der Waals surface area contributed by atoms with Gasteiger partial charge in [0.1, 0.15) is 0 Å². The molecule has 2 heterocycles. The first-order valence-corrected chi connectivity index (χ1v) is 11.0. The molecule has 0 fully saturated rings. The minimum atomic E-state index is -0.217. The Hall–Kier alpha value is -2.48. The zero-order valence-corrected chi connectivity index (χ0v) is 18.6. The van der Waals surface area contributed by atoms with Crippen molar-refractivity contribution in [2.24, 2.45) is 5.73 Å². The highest BCUT2D eigenvalue weighted by atomic mass is 35.5. The number of nitrogens with two attached hydrogens (primary N) is 1. The van der Waals surface area contributed by atoms with Gasteiger partial charge in [0.05, 0.1) is 17.1 Å². The summed E-state index contributed by atoms with van der Waals surface area (Å²) >= 11 is 7.65. The number of pyridine rings is 1. The number of carbonyl (C=O) groups excluding carboxylic acids is 1. The van der Waals surface area contributed by atoms with Gasteiger partial charge < -0.3 is 15.6 Å². The molecule has 0 aliphatic carbocycles. The van der Waals surface area contributed by atoms with Crippen molar-refractivity contribution >= 4 is 28.8 Å². The highest BCUT2D eigenvalue weighted by Crippen LogP contribution is 2.16. The van der Waals surface area contributed by atoms with Gasteiger partial charge in [-0.25, -0.2) is 4.98 Å². The summed E-state index contributed by atoms with van der Waals surface area (Å²) in [6.45, 7) is 5.02. The van der Waals surface area contributed by atoms with Gasteiger partial charge >= 0.3 is 0 Å². The van der Waals surface area contributed by atoms with Gasteiger partial charge in [0.25, 0.3) is 5.56 Å². The minimum Gasteiger partial charge on any atom is -0.352 e. The summed E-state index contributed by atoms with van der Waals surface area (Å²) in [5.74, 6) is -0.217. The van der Waals surface area contributed by atoms with Crippen molar-refractivity contribution < 1.29 is 4.79 Å². The van der Waals surface area contributed by atoms with E-state index >= 15 is 0 Å².